The van der Waals surface area contributed by atoms with E-state index in [9.17, 15) is 4.39 Å². The predicted molar refractivity (Wildman–Crippen MR) is 81.3 cm³/mol. The van der Waals surface area contributed by atoms with Crippen LogP contribution in [0, 0.1) is 5.82 Å². The number of aryl methyl sites for hydroxylation is 1. The molecule has 1 aromatic carbocycles. The molecule has 2 nitrogen and oxygen atoms in total. The number of hydrogen-bond acceptors (Lipinski definition) is 2. The fourth-order valence-electron chi connectivity index (χ4n) is 1.86. The van der Waals surface area contributed by atoms with Gasteiger partial charge in [-0.3, -0.25) is 0 Å². The van der Waals surface area contributed by atoms with E-state index < -0.39 is 0 Å². The Kier molecular flexibility index (Phi) is 6.27. The van der Waals surface area contributed by atoms with Gasteiger partial charge < -0.3 is 10.1 Å². The molecular weight excluding hydrogens is 309 g/mol. The van der Waals surface area contributed by atoms with Crippen LogP contribution in [0.2, 0.25) is 0 Å². The third-order valence-electron chi connectivity index (χ3n) is 2.85. The molecule has 0 aliphatic heterocycles. The first kappa shape index (κ1) is 16.4. The van der Waals surface area contributed by atoms with E-state index in [0.717, 1.165) is 31.4 Å². The van der Waals surface area contributed by atoms with Crippen LogP contribution in [-0.2, 0) is 6.42 Å². The molecule has 0 unspecified atom stereocenters. The molecule has 0 atom stereocenters. The zero-order chi connectivity index (χ0) is 14.5. The number of unbranched alkanes of at least 4 members (excludes halogenated alkanes) is 1. The van der Waals surface area contributed by atoms with Crippen LogP contribution >= 0.6 is 15.9 Å². The van der Waals surface area contributed by atoms with Crippen molar-refractivity contribution in [2.75, 3.05) is 13.7 Å². The molecule has 19 heavy (non-hydrogen) atoms. The number of rotatable bonds is 6. The van der Waals surface area contributed by atoms with E-state index in [0.29, 0.717) is 10.2 Å². The number of nitrogens with one attached hydrogen (secondary N) is 1. The zero-order valence-corrected chi connectivity index (χ0v) is 13.7. The van der Waals surface area contributed by atoms with E-state index in [1.54, 1.807) is 7.11 Å². The van der Waals surface area contributed by atoms with Crippen LogP contribution in [0.4, 0.5) is 4.39 Å². The predicted octanol–water partition coefficient (Wildman–Crippen LogP) is 4.31. The van der Waals surface area contributed by atoms with Crippen LogP contribution in [0.15, 0.2) is 16.6 Å². The highest BCUT2D eigenvalue weighted by molar-refractivity contribution is 9.10. The summed E-state index contributed by atoms with van der Waals surface area (Å²) in [6.07, 6.45) is 3.04. The summed E-state index contributed by atoms with van der Waals surface area (Å²) in [4.78, 5) is 0. The Morgan fingerprint density at radius 3 is 2.53 bits per heavy atom. The molecule has 0 amide bonds. The van der Waals surface area contributed by atoms with Crippen molar-refractivity contribution < 1.29 is 9.13 Å². The summed E-state index contributed by atoms with van der Waals surface area (Å²) < 4.78 is 19.1. The van der Waals surface area contributed by atoms with Crippen molar-refractivity contribution in [1.82, 2.24) is 5.32 Å². The Labute approximate surface area is 123 Å². The molecule has 1 rings (SSSR count). The van der Waals surface area contributed by atoms with Gasteiger partial charge in [-0.2, -0.15) is 0 Å². The van der Waals surface area contributed by atoms with Crippen LogP contribution in [0.5, 0.6) is 5.75 Å². The Balaban J connectivity index is 2.47. The summed E-state index contributed by atoms with van der Waals surface area (Å²) in [6.45, 7) is 7.47. The molecule has 0 aliphatic carbocycles. The second kappa shape index (κ2) is 7.25. The number of hydrogen-bond donors (Lipinski definition) is 1. The van der Waals surface area contributed by atoms with Crippen LogP contribution in [0.1, 0.15) is 39.2 Å². The van der Waals surface area contributed by atoms with Gasteiger partial charge >= 0.3 is 0 Å². The lowest BCUT2D eigenvalue weighted by Crippen LogP contribution is -2.36. The molecule has 0 saturated carbocycles. The highest BCUT2D eigenvalue weighted by atomic mass is 79.9. The second-order valence-corrected chi connectivity index (χ2v) is 6.57. The van der Waals surface area contributed by atoms with E-state index in [1.807, 2.05) is 6.07 Å². The average Bonchev–Trinajstić information content (AvgIpc) is 2.31. The molecule has 0 heterocycles. The molecule has 108 valence electrons. The Bertz CT molecular complexity index is 415. The molecule has 0 aromatic heterocycles. The number of methoxy groups -OCH3 is 1. The third-order valence-corrected chi connectivity index (χ3v) is 3.46. The van der Waals surface area contributed by atoms with E-state index in [-0.39, 0.29) is 11.4 Å². The quantitative estimate of drug-likeness (QED) is 0.784. The monoisotopic (exact) mass is 331 g/mol. The van der Waals surface area contributed by atoms with E-state index in [2.05, 4.69) is 42.0 Å². The minimum Gasteiger partial charge on any atom is -0.496 e. The van der Waals surface area contributed by atoms with Crippen LogP contribution in [0.3, 0.4) is 0 Å². The molecule has 1 aromatic rings. The normalized spacial score (nSPS) is 11.7. The lowest BCUT2D eigenvalue weighted by Gasteiger charge is -2.20. The van der Waals surface area contributed by atoms with Gasteiger partial charge in [-0.05, 0) is 74.1 Å². The van der Waals surface area contributed by atoms with Crippen molar-refractivity contribution >= 4 is 15.9 Å². The largest absolute Gasteiger partial charge is 0.496 e. The maximum Gasteiger partial charge on any atom is 0.141 e. The molecule has 0 radical (unpaired) electrons. The van der Waals surface area contributed by atoms with Gasteiger partial charge in [0.1, 0.15) is 11.6 Å². The Morgan fingerprint density at radius 1 is 1.26 bits per heavy atom. The van der Waals surface area contributed by atoms with E-state index in [4.69, 9.17) is 4.74 Å². The number of halogens is 2. The summed E-state index contributed by atoms with van der Waals surface area (Å²) in [5.74, 6) is 0.347. The van der Waals surface area contributed by atoms with E-state index in [1.165, 1.54) is 6.07 Å². The highest BCUT2D eigenvalue weighted by Crippen LogP contribution is 2.27. The molecule has 0 fully saturated rings. The first-order valence-electron chi connectivity index (χ1n) is 6.60. The summed E-state index contributed by atoms with van der Waals surface area (Å²) in [5, 5.41) is 3.46. The topological polar surface area (TPSA) is 21.3 Å². The standard InChI is InChI=1S/C15H23BrFNO/c1-15(2,3)18-8-6-5-7-11-9-12(16)13(17)10-14(11)19-4/h9-10,18H,5-8H2,1-4H3. The summed E-state index contributed by atoms with van der Waals surface area (Å²) in [5.41, 5.74) is 1.21. The lowest BCUT2D eigenvalue weighted by atomic mass is 10.1. The molecule has 0 aliphatic rings. The van der Waals surface area contributed by atoms with Gasteiger partial charge in [0.2, 0.25) is 0 Å². The maximum atomic E-state index is 13.4. The SMILES string of the molecule is COc1cc(F)c(Br)cc1CCCCNC(C)(C)C. The van der Waals surface area contributed by atoms with Gasteiger partial charge in [-0.15, -0.1) is 0 Å². The summed E-state index contributed by atoms with van der Waals surface area (Å²) >= 11 is 3.22. The van der Waals surface area contributed by atoms with Crippen LogP contribution in [0.25, 0.3) is 0 Å². The van der Waals surface area contributed by atoms with Crippen molar-refractivity contribution in [2.24, 2.45) is 0 Å². The van der Waals surface area contributed by atoms with Gasteiger partial charge in [-0.1, -0.05) is 0 Å². The summed E-state index contributed by atoms with van der Waals surface area (Å²) in [6, 6.07) is 3.25. The smallest absolute Gasteiger partial charge is 0.141 e. The fraction of sp³-hybridized carbons (Fsp3) is 0.600. The molecule has 4 heteroatoms. The van der Waals surface area contributed by atoms with Gasteiger partial charge in [0, 0.05) is 11.6 Å². The van der Waals surface area contributed by atoms with Crippen molar-refractivity contribution in [3.8, 4) is 5.75 Å². The molecule has 0 saturated heterocycles. The first-order valence-corrected chi connectivity index (χ1v) is 7.40. The number of benzene rings is 1. The van der Waals surface area contributed by atoms with Gasteiger partial charge in [0.25, 0.3) is 0 Å². The van der Waals surface area contributed by atoms with Crippen molar-refractivity contribution in [3.63, 3.8) is 0 Å². The van der Waals surface area contributed by atoms with Gasteiger partial charge in [0.15, 0.2) is 0 Å². The Hall–Kier alpha value is -0.610. The molecule has 0 bridgehead atoms. The molecule has 1 N–H and O–H groups in total. The maximum absolute atomic E-state index is 13.4. The molecule has 0 spiro atoms. The van der Waals surface area contributed by atoms with Gasteiger partial charge in [-0.25, -0.2) is 4.39 Å². The van der Waals surface area contributed by atoms with Crippen LogP contribution < -0.4 is 10.1 Å². The highest BCUT2D eigenvalue weighted by Gasteiger charge is 2.10. The van der Waals surface area contributed by atoms with Gasteiger partial charge in [0.05, 0.1) is 11.6 Å². The minimum absolute atomic E-state index is 0.163. The van der Waals surface area contributed by atoms with E-state index >= 15 is 0 Å². The average molecular weight is 332 g/mol. The van der Waals surface area contributed by atoms with Crippen molar-refractivity contribution in [1.29, 1.82) is 0 Å². The first-order chi connectivity index (χ1) is 8.83. The third kappa shape index (κ3) is 5.91. The number of ether oxygens (including phenoxy) is 1. The van der Waals surface area contributed by atoms with Crippen LogP contribution in [-0.4, -0.2) is 19.2 Å². The van der Waals surface area contributed by atoms with Crippen molar-refractivity contribution in [3.05, 3.63) is 28.0 Å². The minimum atomic E-state index is -0.282. The zero-order valence-electron chi connectivity index (χ0n) is 12.1. The lowest BCUT2D eigenvalue weighted by molar-refractivity contribution is 0.402. The second-order valence-electron chi connectivity index (χ2n) is 5.71. The Morgan fingerprint density at radius 2 is 1.95 bits per heavy atom. The fourth-order valence-corrected chi connectivity index (χ4v) is 2.25. The summed E-state index contributed by atoms with van der Waals surface area (Å²) in [7, 11) is 1.58. The van der Waals surface area contributed by atoms with Crippen molar-refractivity contribution in [2.45, 2.75) is 45.6 Å². The molecular formula is C15H23BrFNO.